The van der Waals surface area contributed by atoms with Crippen molar-refractivity contribution < 1.29 is 14.1 Å². The molecule has 3 N–H and O–H groups in total. The zero-order valence-corrected chi connectivity index (χ0v) is 10.4. The number of ether oxygens (including phenoxy) is 1. The Balaban J connectivity index is 1.75. The van der Waals surface area contributed by atoms with Crippen LogP contribution in [0.3, 0.4) is 0 Å². The third-order valence-electron chi connectivity index (χ3n) is 2.23. The summed E-state index contributed by atoms with van der Waals surface area (Å²) in [6, 6.07) is 7.10. The van der Waals surface area contributed by atoms with Crippen molar-refractivity contribution in [2.24, 2.45) is 0 Å². The molecule has 0 radical (unpaired) electrons. The third-order valence-corrected chi connectivity index (χ3v) is 2.23. The minimum atomic E-state index is -0.257. The molecule has 1 amide bonds. The van der Waals surface area contributed by atoms with Crippen molar-refractivity contribution in [2.45, 2.75) is 13.3 Å². The number of aryl methyl sites for hydroxylation is 1. The van der Waals surface area contributed by atoms with Gasteiger partial charge in [-0.3, -0.25) is 10.1 Å². The molecule has 0 atom stereocenters. The van der Waals surface area contributed by atoms with E-state index >= 15 is 0 Å². The normalized spacial score (nSPS) is 10.2. The molecule has 7 nitrogen and oxygen atoms in total. The van der Waals surface area contributed by atoms with Gasteiger partial charge in [-0.05, 0) is 19.1 Å². The van der Waals surface area contributed by atoms with Crippen molar-refractivity contribution >= 4 is 17.6 Å². The largest absolute Gasteiger partial charge is 0.493 e. The van der Waals surface area contributed by atoms with Gasteiger partial charge in [0.15, 0.2) is 5.82 Å². The first kappa shape index (κ1) is 12.9. The lowest BCUT2D eigenvalue weighted by Gasteiger charge is -2.05. The van der Waals surface area contributed by atoms with Gasteiger partial charge in [-0.1, -0.05) is 11.2 Å². The number of nitrogens with zero attached hydrogens (tertiary/aromatic N) is 2. The van der Waals surface area contributed by atoms with Crippen molar-refractivity contribution in [2.75, 3.05) is 17.7 Å². The van der Waals surface area contributed by atoms with Gasteiger partial charge >= 0.3 is 6.01 Å². The van der Waals surface area contributed by atoms with Crippen LogP contribution in [0.2, 0.25) is 0 Å². The van der Waals surface area contributed by atoms with Gasteiger partial charge in [0.25, 0.3) is 0 Å². The Bertz CT molecular complexity index is 568. The molecule has 0 aliphatic carbocycles. The van der Waals surface area contributed by atoms with Gasteiger partial charge in [0, 0.05) is 11.8 Å². The molecule has 0 saturated carbocycles. The molecule has 2 rings (SSSR count). The van der Waals surface area contributed by atoms with Crippen LogP contribution in [0.5, 0.6) is 5.75 Å². The molecule has 19 heavy (non-hydrogen) atoms. The van der Waals surface area contributed by atoms with Crippen molar-refractivity contribution in [1.29, 1.82) is 0 Å². The van der Waals surface area contributed by atoms with Crippen LogP contribution < -0.4 is 15.8 Å². The van der Waals surface area contributed by atoms with E-state index in [4.69, 9.17) is 15.0 Å². The number of anilines is 2. The molecule has 0 saturated heterocycles. The summed E-state index contributed by atoms with van der Waals surface area (Å²) in [5.74, 6) is 0.834. The Morgan fingerprint density at radius 3 is 3.05 bits per heavy atom. The summed E-state index contributed by atoms with van der Waals surface area (Å²) in [4.78, 5) is 15.4. The molecular weight excluding hydrogens is 248 g/mol. The van der Waals surface area contributed by atoms with Crippen LogP contribution >= 0.6 is 0 Å². The first-order valence-electron chi connectivity index (χ1n) is 5.72. The Morgan fingerprint density at radius 2 is 2.37 bits per heavy atom. The molecule has 0 aliphatic rings. The molecule has 1 aromatic heterocycles. The molecule has 1 heterocycles. The van der Waals surface area contributed by atoms with Gasteiger partial charge in [0.1, 0.15) is 5.75 Å². The summed E-state index contributed by atoms with van der Waals surface area (Å²) in [6.07, 6.45) is 0.177. The van der Waals surface area contributed by atoms with Crippen LogP contribution in [-0.2, 0) is 4.79 Å². The van der Waals surface area contributed by atoms with Crippen molar-refractivity contribution in [3.8, 4) is 5.75 Å². The number of nitrogens with one attached hydrogen (secondary N) is 1. The Morgan fingerprint density at radius 1 is 1.53 bits per heavy atom. The van der Waals surface area contributed by atoms with Crippen molar-refractivity contribution in [1.82, 2.24) is 10.1 Å². The quantitative estimate of drug-likeness (QED) is 0.789. The number of nitrogens with two attached hydrogens (primary N) is 1. The highest BCUT2D eigenvalue weighted by Gasteiger charge is 2.08. The van der Waals surface area contributed by atoms with E-state index in [9.17, 15) is 4.79 Å². The fourth-order valence-corrected chi connectivity index (χ4v) is 1.40. The second kappa shape index (κ2) is 5.85. The number of hydrogen-bond donors (Lipinski definition) is 2. The average Bonchev–Trinajstić information content (AvgIpc) is 2.75. The molecule has 100 valence electrons. The van der Waals surface area contributed by atoms with Crippen molar-refractivity contribution in [3.63, 3.8) is 0 Å². The monoisotopic (exact) mass is 262 g/mol. The molecule has 1 aromatic carbocycles. The summed E-state index contributed by atoms with van der Waals surface area (Å²) in [5.41, 5.74) is 6.22. The number of amides is 1. The zero-order valence-electron chi connectivity index (χ0n) is 10.4. The number of aromatic nitrogens is 2. The smallest absolute Gasteiger partial charge is 0.328 e. The number of hydrogen-bond acceptors (Lipinski definition) is 6. The highest BCUT2D eigenvalue weighted by molar-refractivity contribution is 5.88. The predicted molar refractivity (Wildman–Crippen MR) is 68.6 cm³/mol. The molecule has 0 unspecified atom stereocenters. The fraction of sp³-hybridized carbons (Fsp3) is 0.250. The molecule has 0 aliphatic heterocycles. The van der Waals surface area contributed by atoms with Crippen LogP contribution in [0, 0.1) is 6.92 Å². The van der Waals surface area contributed by atoms with Crippen LogP contribution in [0.25, 0.3) is 0 Å². The third kappa shape index (κ3) is 3.98. The Hall–Kier alpha value is -2.57. The molecule has 7 heteroatoms. The van der Waals surface area contributed by atoms with Gasteiger partial charge in [0.2, 0.25) is 5.91 Å². The second-order valence-corrected chi connectivity index (χ2v) is 3.87. The van der Waals surface area contributed by atoms with Crippen LogP contribution in [0.15, 0.2) is 28.8 Å². The predicted octanol–water partition coefficient (Wildman–Crippen LogP) is 1.37. The number of carbonyl (C=O) groups is 1. The number of rotatable bonds is 5. The first-order valence-corrected chi connectivity index (χ1v) is 5.72. The van der Waals surface area contributed by atoms with Crippen LogP contribution in [0.4, 0.5) is 11.7 Å². The topological polar surface area (TPSA) is 103 Å². The lowest BCUT2D eigenvalue weighted by molar-refractivity contribution is -0.116. The zero-order chi connectivity index (χ0) is 13.7. The average molecular weight is 262 g/mol. The van der Waals surface area contributed by atoms with E-state index in [1.54, 1.807) is 31.2 Å². The molecule has 0 fully saturated rings. The molecule has 0 spiro atoms. The lowest BCUT2D eigenvalue weighted by Crippen LogP contribution is -2.15. The molecule has 0 bridgehead atoms. The summed E-state index contributed by atoms with van der Waals surface area (Å²) in [7, 11) is 0. The maximum absolute atomic E-state index is 11.5. The van der Waals surface area contributed by atoms with E-state index in [2.05, 4.69) is 15.5 Å². The maximum atomic E-state index is 11.5. The summed E-state index contributed by atoms with van der Waals surface area (Å²) >= 11 is 0. The van der Waals surface area contributed by atoms with Crippen molar-refractivity contribution in [3.05, 3.63) is 30.1 Å². The molecular formula is C12H14N4O3. The van der Waals surface area contributed by atoms with E-state index in [0.29, 0.717) is 17.3 Å². The van der Waals surface area contributed by atoms with Gasteiger partial charge < -0.3 is 15.0 Å². The SMILES string of the molecule is Cc1noc(NC(=O)CCOc2cccc(N)c2)n1. The number of carbonyl (C=O) groups excluding carboxylic acids is 1. The number of benzene rings is 1. The van der Waals surface area contributed by atoms with Gasteiger partial charge in [-0.25, -0.2) is 0 Å². The standard InChI is InChI=1S/C12H14N4O3/c1-8-14-12(19-16-8)15-11(17)5-6-18-10-4-2-3-9(13)7-10/h2-4,7H,5-6,13H2,1H3,(H,14,15,16,17). The van der Waals surface area contributed by atoms with Crippen LogP contribution in [0.1, 0.15) is 12.2 Å². The summed E-state index contributed by atoms with van der Waals surface area (Å²) in [6.45, 7) is 1.91. The Kier molecular flexibility index (Phi) is 3.97. The Labute approximate surface area is 109 Å². The first-order chi connectivity index (χ1) is 9.13. The van der Waals surface area contributed by atoms with Gasteiger partial charge in [-0.2, -0.15) is 4.98 Å². The highest BCUT2D eigenvalue weighted by Crippen LogP contribution is 2.14. The fourth-order valence-electron chi connectivity index (χ4n) is 1.40. The van der Waals surface area contributed by atoms with E-state index in [-0.39, 0.29) is 24.9 Å². The second-order valence-electron chi connectivity index (χ2n) is 3.87. The van der Waals surface area contributed by atoms with E-state index in [0.717, 1.165) is 0 Å². The van der Waals surface area contributed by atoms with E-state index in [1.807, 2.05) is 0 Å². The van der Waals surface area contributed by atoms with Crippen LogP contribution in [-0.4, -0.2) is 22.7 Å². The summed E-state index contributed by atoms with van der Waals surface area (Å²) in [5, 5.41) is 6.04. The van der Waals surface area contributed by atoms with Gasteiger partial charge in [0.05, 0.1) is 13.0 Å². The lowest BCUT2D eigenvalue weighted by atomic mass is 10.3. The maximum Gasteiger partial charge on any atom is 0.328 e. The number of nitrogen functional groups attached to an aromatic ring is 1. The summed E-state index contributed by atoms with van der Waals surface area (Å²) < 4.78 is 10.2. The minimum Gasteiger partial charge on any atom is -0.493 e. The molecule has 2 aromatic rings. The van der Waals surface area contributed by atoms with Gasteiger partial charge in [-0.15, -0.1) is 0 Å². The highest BCUT2D eigenvalue weighted by atomic mass is 16.5. The van der Waals surface area contributed by atoms with E-state index in [1.165, 1.54) is 0 Å². The van der Waals surface area contributed by atoms with E-state index < -0.39 is 0 Å². The minimum absolute atomic E-state index is 0.0893.